The molecule has 0 saturated carbocycles. The highest BCUT2D eigenvalue weighted by molar-refractivity contribution is 4.89. The van der Waals surface area contributed by atoms with Crippen molar-refractivity contribution in [3.8, 4) is 0 Å². The van der Waals surface area contributed by atoms with Gasteiger partial charge >= 0.3 is 0 Å². The second-order valence-electron chi connectivity index (χ2n) is 3.72. The second kappa shape index (κ2) is 5.23. The Bertz CT molecular complexity index is 295. The molecule has 1 aromatic rings. The Balaban J connectivity index is 1.83. The van der Waals surface area contributed by atoms with Gasteiger partial charge in [0.25, 0.3) is 0 Å². The molecule has 1 aliphatic heterocycles. The van der Waals surface area contributed by atoms with Crippen LogP contribution in [-0.4, -0.2) is 29.4 Å². The lowest BCUT2D eigenvalue weighted by Gasteiger charge is -2.03. The van der Waals surface area contributed by atoms with Gasteiger partial charge in [-0.15, -0.1) is 0 Å². The van der Waals surface area contributed by atoms with Gasteiger partial charge in [0.05, 0.1) is 12.6 Å². The van der Waals surface area contributed by atoms with Crippen molar-refractivity contribution in [2.24, 2.45) is 0 Å². The van der Waals surface area contributed by atoms with Crippen molar-refractivity contribution in [3.63, 3.8) is 0 Å². The molecule has 1 saturated heterocycles. The largest absolute Gasteiger partial charge is 0.378 e. The molecule has 1 unspecified atom stereocenters. The van der Waals surface area contributed by atoms with Gasteiger partial charge in [0.15, 0.2) is 5.82 Å². The van der Waals surface area contributed by atoms with Crippen molar-refractivity contribution in [3.05, 3.63) is 11.7 Å². The van der Waals surface area contributed by atoms with Crippen LogP contribution in [0.5, 0.6) is 0 Å². The number of aromatic nitrogens is 2. The van der Waals surface area contributed by atoms with Gasteiger partial charge in [-0.05, 0) is 19.4 Å². The molecule has 1 aromatic heterocycles. The lowest BCUT2D eigenvalue weighted by molar-refractivity contribution is 0.109. The molecule has 0 spiro atoms. The normalized spacial score (nSPS) is 21.0. The SMILES string of the molecule is CCNCc1nc(CC2CCCO2)no1. The van der Waals surface area contributed by atoms with E-state index in [1.807, 2.05) is 6.92 Å². The summed E-state index contributed by atoms with van der Waals surface area (Å²) >= 11 is 0. The van der Waals surface area contributed by atoms with E-state index in [0.717, 1.165) is 38.2 Å². The molecule has 2 heterocycles. The molecule has 1 N–H and O–H groups in total. The maximum absolute atomic E-state index is 5.51. The summed E-state index contributed by atoms with van der Waals surface area (Å²) in [5, 5.41) is 7.07. The Morgan fingerprint density at radius 3 is 3.20 bits per heavy atom. The molecule has 1 aliphatic rings. The molecule has 1 fully saturated rings. The minimum atomic E-state index is 0.287. The summed E-state index contributed by atoms with van der Waals surface area (Å²) in [6.45, 7) is 4.47. The molecule has 1 atom stereocenters. The third-order valence-electron chi connectivity index (χ3n) is 2.47. The standard InChI is InChI=1S/C10H17N3O2/c1-2-11-7-10-12-9(13-15-10)6-8-4-3-5-14-8/h8,11H,2-7H2,1H3. The molecule has 15 heavy (non-hydrogen) atoms. The van der Waals surface area contributed by atoms with E-state index in [1.54, 1.807) is 0 Å². The van der Waals surface area contributed by atoms with E-state index in [2.05, 4.69) is 15.5 Å². The topological polar surface area (TPSA) is 60.2 Å². The molecular weight excluding hydrogens is 194 g/mol. The van der Waals surface area contributed by atoms with Crippen molar-refractivity contribution >= 4 is 0 Å². The molecule has 5 nitrogen and oxygen atoms in total. The Labute approximate surface area is 89.2 Å². The van der Waals surface area contributed by atoms with Crippen LogP contribution in [0.15, 0.2) is 4.52 Å². The fraction of sp³-hybridized carbons (Fsp3) is 0.800. The molecule has 0 aromatic carbocycles. The number of nitrogens with one attached hydrogen (secondary N) is 1. The highest BCUT2D eigenvalue weighted by atomic mass is 16.5. The van der Waals surface area contributed by atoms with Crippen LogP contribution in [0.25, 0.3) is 0 Å². The first-order valence-corrected chi connectivity index (χ1v) is 5.52. The van der Waals surface area contributed by atoms with E-state index in [-0.39, 0.29) is 6.10 Å². The van der Waals surface area contributed by atoms with Crippen LogP contribution in [0.2, 0.25) is 0 Å². The first-order chi connectivity index (χ1) is 7.38. The van der Waals surface area contributed by atoms with Crippen LogP contribution >= 0.6 is 0 Å². The number of nitrogens with zero attached hydrogens (tertiary/aromatic N) is 2. The van der Waals surface area contributed by atoms with Crippen LogP contribution < -0.4 is 5.32 Å². The van der Waals surface area contributed by atoms with Gasteiger partial charge in [0, 0.05) is 13.0 Å². The van der Waals surface area contributed by atoms with E-state index in [4.69, 9.17) is 9.26 Å². The zero-order valence-corrected chi connectivity index (χ0v) is 9.03. The van der Waals surface area contributed by atoms with Crippen molar-refractivity contribution in [1.82, 2.24) is 15.5 Å². The zero-order valence-electron chi connectivity index (χ0n) is 9.03. The van der Waals surface area contributed by atoms with Gasteiger partial charge in [-0.25, -0.2) is 0 Å². The monoisotopic (exact) mass is 211 g/mol. The Morgan fingerprint density at radius 2 is 2.47 bits per heavy atom. The van der Waals surface area contributed by atoms with Crippen LogP contribution in [-0.2, 0) is 17.7 Å². The fourth-order valence-electron chi connectivity index (χ4n) is 1.69. The molecule has 0 bridgehead atoms. The first-order valence-electron chi connectivity index (χ1n) is 5.52. The smallest absolute Gasteiger partial charge is 0.240 e. The third kappa shape index (κ3) is 3.00. The minimum Gasteiger partial charge on any atom is -0.378 e. The number of hydrogen-bond donors (Lipinski definition) is 1. The van der Waals surface area contributed by atoms with Crippen LogP contribution in [0.1, 0.15) is 31.5 Å². The third-order valence-corrected chi connectivity index (χ3v) is 2.47. The predicted molar refractivity (Wildman–Crippen MR) is 54.4 cm³/mol. The highest BCUT2D eigenvalue weighted by Crippen LogP contribution is 2.15. The van der Waals surface area contributed by atoms with E-state index >= 15 is 0 Å². The van der Waals surface area contributed by atoms with Gasteiger partial charge in [-0.2, -0.15) is 4.98 Å². The average Bonchev–Trinajstić information content (AvgIpc) is 2.87. The summed E-state index contributed by atoms with van der Waals surface area (Å²) in [5.41, 5.74) is 0. The Hall–Kier alpha value is -0.940. The zero-order chi connectivity index (χ0) is 10.5. The highest BCUT2D eigenvalue weighted by Gasteiger charge is 2.18. The van der Waals surface area contributed by atoms with Crippen LogP contribution in [0, 0.1) is 0 Å². The number of rotatable bonds is 5. The van der Waals surface area contributed by atoms with E-state index in [1.165, 1.54) is 0 Å². The van der Waals surface area contributed by atoms with Crippen molar-refractivity contribution in [1.29, 1.82) is 0 Å². The maximum atomic E-state index is 5.51. The summed E-state index contributed by atoms with van der Waals surface area (Å²) in [6, 6.07) is 0. The van der Waals surface area contributed by atoms with Crippen molar-refractivity contribution < 1.29 is 9.26 Å². The molecule has 2 rings (SSSR count). The molecule has 84 valence electrons. The summed E-state index contributed by atoms with van der Waals surface area (Å²) in [4.78, 5) is 4.29. The summed E-state index contributed by atoms with van der Waals surface area (Å²) in [5.74, 6) is 1.42. The quantitative estimate of drug-likeness (QED) is 0.784. The van der Waals surface area contributed by atoms with E-state index in [9.17, 15) is 0 Å². The lowest BCUT2D eigenvalue weighted by Crippen LogP contribution is -2.12. The molecule has 0 radical (unpaired) electrons. The van der Waals surface area contributed by atoms with Crippen LogP contribution in [0.4, 0.5) is 0 Å². The fourth-order valence-corrected chi connectivity index (χ4v) is 1.69. The summed E-state index contributed by atoms with van der Waals surface area (Å²) < 4.78 is 10.6. The molecule has 0 aliphatic carbocycles. The van der Waals surface area contributed by atoms with Gasteiger partial charge in [0.2, 0.25) is 5.89 Å². The van der Waals surface area contributed by atoms with Gasteiger partial charge in [-0.3, -0.25) is 0 Å². The molecule has 0 amide bonds. The van der Waals surface area contributed by atoms with Crippen molar-refractivity contribution in [2.45, 2.75) is 38.8 Å². The summed E-state index contributed by atoms with van der Waals surface area (Å²) in [6.07, 6.45) is 3.31. The van der Waals surface area contributed by atoms with Crippen molar-refractivity contribution in [2.75, 3.05) is 13.2 Å². The molecular formula is C10H17N3O2. The minimum absolute atomic E-state index is 0.287. The van der Waals surface area contributed by atoms with Gasteiger partial charge in [0.1, 0.15) is 0 Å². The molecule has 5 heteroatoms. The van der Waals surface area contributed by atoms with Crippen LogP contribution in [0.3, 0.4) is 0 Å². The lowest BCUT2D eigenvalue weighted by atomic mass is 10.2. The second-order valence-corrected chi connectivity index (χ2v) is 3.72. The Morgan fingerprint density at radius 1 is 1.53 bits per heavy atom. The number of hydrogen-bond acceptors (Lipinski definition) is 5. The maximum Gasteiger partial charge on any atom is 0.240 e. The van der Waals surface area contributed by atoms with Gasteiger partial charge < -0.3 is 14.6 Å². The van der Waals surface area contributed by atoms with Gasteiger partial charge in [-0.1, -0.05) is 12.1 Å². The first kappa shape index (κ1) is 10.6. The Kier molecular flexibility index (Phi) is 3.69. The number of ether oxygens (including phenoxy) is 1. The predicted octanol–water partition coefficient (Wildman–Crippen LogP) is 0.901. The summed E-state index contributed by atoms with van der Waals surface area (Å²) in [7, 11) is 0. The average molecular weight is 211 g/mol. The van der Waals surface area contributed by atoms with E-state index < -0.39 is 0 Å². The van der Waals surface area contributed by atoms with E-state index in [0.29, 0.717) is 12.4 Å².